The molecule has 1 saturated carbocycles. The SMILES string of the molecule is COc1cc2c(Oc3ccc(NC(=O)C4(C(=O)Nc5cccc(Cl)c5)CC4)cc3F)ccnc2cc1OCCCCCCC(=O)O. The van der Waals surface area contributed by atoms with Crippen LogP contribution in [0.25, 0.3) is 10.9 Å². The maximum Gasteiger partial charge on any atom is 0.303 e. The molecule has 2 amide bonds. The predicted octanol–water partition coefficient (Wildman–Crippen LogP) is 7.60. The Hall–Kier alpha value is -4.90. The Morgan fingerprint density at radius 1 is 0.891 bits per heavy atom. The molecule has 3 aromatic carbocycles. The lowest BCUT2D eigenvalue weighted by Gasteiger charge is -2.16. The van der Waals surface area contributed by atoms with Crippen LogP contribution >= 0.6 is 11.6 Å². The number of halogens is 2. The molecule has 3 N–H and O–H groups in total. The molecule has 0 atom stereocenters. The van der Waals surface area contributed by atoms with Crippen molar-refractivity contribution < 1.29 is 38.1 Å². The van der Waals surface area contributed by atoms with E-state index in [-0.39, 0.29) is 17.9 Å². The van der Waals surface area contributed by atoms with E-state index >= 15 is 4.39 Å². The monoisotopic (exact) mass is 649 g/mol. The zero-order valence-corrected chi connectivity index (χ0v) is 25.9. The van der Waals surface area contributed by atoms with Crippen LogP contribution in [0.15, 0.2) is 66.9 Å². The van der Waals surface area contributed by atoms with Crippen molar-refractivity contribution in [2.45, 2.75) is 44.9 Å². The number of benzene rings is 3. The van der Waals surface area contributed by atoms with Crippen LogP contribution in [-0.2, 0) is 14.4 Å². The quantitative estimate of drug-likeness (QED) is 0.0885. The highest BCUT2D eigenvalue weighted by atomic mass is 35.5. The van der Waals surface area contributed by atoms with E-state index in [2.05, 4.69) is 15.6 Å². The number of fused-ring (bicyclic) bond motifs is 1. The van der Waals surface area contributed by atoms with Gasteiger partial charge in [-0.05, 0) is 68.1 Å². The lowest BCUT2D eigenvalue weighted by Crippen LogP contribution is -2.35. The second-order valence-corrected chi connectivity index (χ2v) is 11.4. The summed E-state index contributed by atoms with van der Waals surface area (Å²) >= 11 is 5.99. The van der Waals surface area contributed by atoms with Crippen molar-refractivity contribution in [1.82, 2.24) is 4.98 Å². The van der Waals surface area contributed by atoms with Gasteiger partial charge in [-0.15, -0.1) is 0 Å². The third-order valence-corrected chi connectivity index (χ3v) is 7.88. The van der Waals surface area contributed by atoms with Gasteiger partial charge in [0.25, 0.3) is 0 Å². The maximum atomic E-state index is 15.2. The lowest BCUT2D eigenvalue weighted by atomic mass is 10.0. The Bertz CT molecular complexity index is 1760. The molecule has 240 valence electrons. The van der Waals surface area contributed by atoms with Gasteiger partial charge in [0, 0.05) is 46.5 Å². The fraction of sp³-hybridized carbons (Fsp3) is 0.294. The van der Waals surface area contributed by atoms with Crippen molar-refractivity contribution in [3.63, 3.8) is 0 Å². The molecule has 5 rings (SSSR count). The van der Waals surface area contributed by atoms with Gasteiger partial charge in [-0.2, -0.15) is 0 Å². The number of aromatic nitrogens is 1. The summed E-state index contributed by atoms with van der Waals surface area (Å²) in [6, 6.07) is 15.7. The van der Waals surface area contributed by atoms with Crippen molar-refractivity contribution in [1.29, 1.82) is 0 Å². The summed E-state index contributed by atoms with van der Waals surface area (Å²) < 4.78 is 32.6. The van der Waals surface area contributed by atoms with Gasteiger partial charge < -0.3 is 30.0 Å². The van der Waals surface area contributed by atoms with E-state index in [1.165, 1.54) is 25.4 Å². The molecule has 1 aliphatic carbocycles. The lowest BCUT2D eigenvalue weighted by molar-refractivity contribution is -0.137. The first kappa shape index (κ1) is 32.5. The summed E-state index contributed by atoms with van der Waals surface area (Å²) in [6.45, 7) is 0.424. The van der Waals surface area contributed by atoms with Crippen LogP contribution in [0.1, 0.15) is 44.9 Å². The molecule has 46 heavy (non-hydrogen) atoms. The second kappa shape index (κ2) is 14.5. The Balaban J connectivity index is 1.22. The number of amides is 2. The number of ether oxygens (including phenoxy) is 3. The van der Waals surface area contributed by atoms with Crippen LogP contribution in [0, 0.1) is 11.2 Å². The van der Waals surface area contributed by atoms with Gasteiger partial charge in [0.2, 0.25) is 11.8 Å². The smallest absolute Gasteiger partial charge is 0.303 e. The molecule has 0 spiro atoms. The molecule has 12 heteroatoms. The molecule has 1 fully saturated rings. The molecule has 0 saturated heterocycles. The molecule has 0 radical (unpaired) electrons. The average Bonchev–Trinajstić information content (AvgIpc) is 3.84. The number of carbonyl (C=O) groups is 3. The van der Waals surface area contributed by atoms with Crippen molar-refractivity contribution >= 4 is 51.7 Å². The fourth-order valence-electron chi connectivity index (χ4n) is 4.93. The molecule has 0 bridgehead atoms. The Kier molecular flexibility index (Phi) is 10.2. The number of nitrogens with zero attached hydrogens (tertiary/aromatic N) is 1. The number of carboxylic acid groups (broad SMARTS) is 1. The number of hydrogen-bond acceptors (Lipinski definition) is 7. The van der Waals surface area contributed by atoms with Gasteiger partial charge in [0.1, 0.15) is 11.2 Å². The second-order valence-electron chi connectivity index (χ2n) is 11.0. The van der Waals surface area contributed by atoms with Crippen LogP contribution in [0.4, 0.5) is 15.8 Å². The number of hydrogen-bond donors (Lipinski definition) is 3. The number of carbonyl (C=O) groups excluding carboxylic acids is 2. The molecule has 1 heterocycles. The normalized spacial score (nSPS) is 13.1. The van der Waals surface area contributed by atoms with Gasteiger partial charge in [0.05, 0.1) is 19.2 Å². The number of unbranched alkanes of at least 4 members (excludes halogenated alkanes) is 3. The number of anilines is 2. The number of methoxy groups -OCH3 is 1. The highest BCUT2D eigenvalue weighted by Gasteiger charge is 2.56. The highest BCUT2D eigenvalue weighted by molar-refractivity contribution is 6.31. The van der Waals surface area contributed by atoms with Gasteiger partial charge >= 0.3 is 5.97 Å². The number of rotatable bonds is 15. The van der Waals surface area contributed by atoms with E-state index < -0.39 is 29.0 Å². The van der Waals surface area contributed by atoms with E-state index in [1.54, 1.807) is 42.5 Å². The Labute approximate surface area is 269 Å². The van der Waals surface area contributed by atoms with E-state index in [1.807, 2.05) is 0 Å². The first-order valence-electron chi connectivity index (χ1n) is 14.9. The number of pyridine rings is 1. The van der Waals surface area contributed by atoms with E-state index in [0.717, 1.165) is 25.3 Å². The third-order valence-electron chi connectivity index (χ3n) is 7.64. The zero-order valence-electron chi connectivity index (χ0n) is 25.1. The van der Waals surface area contributed by atoms with E-state index in [0.29, 0.717) is 64.7 Å². The predicted molar refractivity (Wildman–Crippen MR) is 171 cm³/mol. The maximum absolute atomic E-state index is 15.2. The van der Waals surface area contributed by atoms with Crippen LogP contribution in [-0.4, -0.2) is 41.6 Å². The largest absolute Gasteiger partial charge is 0.493 e. The van der Waals surface area contributed by atoms with Crippen molar-refractivity contribution in [2.75, 3.05) is 24.4 Å². The first-order valence-corrected chi connectivity index (χ1v) is 15.2. The van der Waals surface area contributed by atoms with Gasteiger partial charge in [-0.3, -0.25) is 19.4 Å². The Morgan fingerprint density at radius 3 is 2.30 bits per heavy atom. The molecule has 4 aromatic rings. The molecule has 0 aliphatic heterocycles. The minimum Gasteiger partial charge on any atom is -0.493 e. The minimum atomic E-state index is -1.24. The first-order chi connectivity index (χ1) is 22.2. The topological polar surface area (TPSA) is 136 Å². The molecule has 1 aromatic heterocycles. The van der Waals surface area contributed by atoms with E-state index in [4.69, 9.17) is 30.9 Å². The Morgan fingerprint density at radius 2 is 1.63 bits per heavy atom. The fourth-order valence-corrected chi connectivity index (χ4v) is 5.12. The summed E-state index contributed by atoms with van der Waals surface area (Å²) in [4.78, 5) is 41.0. The van der Waals surface area contributed by atoms with Gasteiger partial charge in [-0.1, -0.05) is 30.5 Å². The summed E-state index contributed by atoms with van der Waals surface area (Å²) in [5.41, 5.74) is -0.0321. The molecule has 10 nitrogen and oxygen atoms in total. The standard InChI is InChI=1S/C34H33ClFN3O7/c1-44-29-19-24-26(20-30(29)45-16-5-3-2-4-9-31(40)41)37-15-12-27(24)46-28-11-10-23(18-25(28)36)39-33(43)34(13-14-34)32(42)38-22-8-6-7-21(35)17-22/h6-8,10-12,15,17-20H,2-5,9,13-14,16H2,1H3,(H,38,42)(H,39,43)(H,40,41). The number of carboxylic acids is 1. The summed E-state index contributed by atoms with van der Waals surface area (Å²) in [6.07, 6.45) is 5.46. The molecular formula is C34H33ClFN3O7. The minimum absolute atomic E-state index is 0.0764. The molecule has 1 aliphatic rings. The highest BCUT2D eigenvalue weighted by Crippen LogP contribution is 2.48. The summed E-state index contributed by atoms with van der Waals surface area (Å²) in [5, 5.41) is 15.2. The molecular weight excluding hydrogens is 617 g/mol. The summed E-state index contributed by atoms with van der Waals surface area (Å²) in [5.74, 6) is -1.29. The van der Waals surface area contributed by atoms with Crippen LogP contribution in [0.5, 0.6) is 23.0 Å². The summed E-state index contributed by atoms with van der Waals surface area (Å²) in [7, 11) is 1.51. The van der Waals surface area contributed by atoms with Crippen molar-refractivity contribution in [2.24, 2.45) is 5.41 Å². The van der Waals surface area contributed by atoms with E-state index in [9.17, 15) is 14.4 Å². The van der Waals surface area contributed by atoms with Gasteiger partial charge in [0.15, 0.2) is 23.1 Å². The van der Waals surface area contributed by atoms with Gasteiger partial charge in [-0.25, -0.2) is 4.39 Å². The average molecular weight is 650 g/mol. The number of nitrogens with one attached hydrogen (secondary N) is 2. The van der Waals surface area contributed by atoms with Crippen LogP contribution in [0.3, 0.4) is 0 Å². The zero-order chi connectivity index (χ0) is 32.7. The third kappa shape index (κ3) is 7.84. The van der Waals surface area contributed by atoms with Crippen molar-refractivity contribution in [3.8, 4) is 23.0 Å². The number of aliphatic carboxylic acids is 1. The van der Waals surface area contributed by atoms with Crippen molar-refractivity contribution in [3.05, 3.63) is 77.7 Å². The van der Waals surface area contributed by atoms with Crippen LogP contribution in [0.2, 0.25) is 5.02 Å². The van der Waals surface area contributed by atoms with Crippen LogP contribution < -0.4 is 24.8 Å². The molecule has 0 unspecified atom stereocenters.